The molecule has 0 radical (unpaired) electrons. The molecule has 5 nitrogen and oxygen atoms in total. The number of rotatable bonds is 7. The molecule has 4 rings (SSSR count). The second-order valence-electron chi connectivity index (χ2n) is 6.78. The number of nitrogens with zero attached hydrogens (tertiary/aromatic N) is 1. The highest BCUT2D eigenvalue weighted by molar-refractivity contribution is 5.94. The molecule has 1 amide bonds. The number of hydrogen-bond acceptors (Lipinski definition) is 3. The van der Waals surface area contributed by atoms with E-state index >= 15 is 0 Å². The monoisotopic (exact) mass is 388 g/mol. The molecule has 0 aliphatic carbocycles. The second-order valence-corrected chi connectivity index (χ2v) is 6.78. The maximum absolute atomic E-state index is 13.0. The number of carbonyl (C=O) groups is 1. The lowest BCUT2D eigenvalue weighted by Gasteiger charge is -2.08. The SMILES string of the molecule is O=C(NCCc1c[nH]c2ccccc12)c1ccnc(NCc2ccc(F)cc2)c1. The van der Waals surface area contributed by atoms with Crippen molar-refractivity contribution in [2.75, 3.05) is 11.9 Å². The molecule has 0 aliphatic heterocycles. The van der Waals surface area contributed by atoms with Crippen molar-refractivity contribution in [2.24, 2.45) is 0 Å². The van der Waals surface area contributed by atoms with Crippen molar-refractivity contribution in [2.45, 2.75) is 13.0 Å². The Balaban J connectivity index is 1.32. The largest absolute Gasteiger partial charge is 0.366 e. The molecular formula is C23H21FN4O. The molecule has 2 aromatic carbocycles. The molecule has 6 heteroatoms. The summed E-state index contributed by atoms with van der Waals surface area (Å²) in [5.74, 6) is 0.189. The number of H-pyrrole nitrogens is 1. The minimum Gasteiger partial charge on any atom is -0.366 e. The first kappa shape index (κ1) is 18.7. The van der Waals surface area contributed by atoms with E-state index < -0.39 is 0 Å². The number of halogens is 1. The molecule has 0 fully saturated rings. The number of amides is 1. The second kappa shape index (κ2) is 8.56. The average Bonchev–Trinajstić information content (AvgIpc) is 3.17. The summed E-state index contributed by atoms with van der Waals surface area (Å²) < 4.78 is 13.0. The van der Waals surface area contributed by atoms with Crippen LogP contribution in [0.3, 0.4) is 0 Å². The van der Waals surface area contributed by atoms with Gasteiger partial charge >= 0.3 is 0 Å². The fourth-order valence-electron chi connectivity index (χ4n) is 3.21. The quantitative estimate of drug-likeness (QED) is 0.442. The van der Waals surface area contributed by atoms with Crippen LogP contribution in [0.5, 0.6) is 0 Å². The minimum atomic E-state index is -0.266. The molecule has 29 heavy (non-hydrogen) atoms. The zero-order valence-electron chi connectivity index (χ0n) is 15.8. The first-order chi connectivity index (χ1) is 14.2. The summed E-state index contributed by atoms with van der Waals surface area (Å²) in [5.41, 5.74) is 3.75. The molecule has 0 saturated carbocycles. The molecule has 4 aromatic rings. The van der Waals surface area contributed by atoms with E-state index in [-0.39, 0.29) is 11.7 Å². The van der Waals surface area contributed by atoms with Crippen molar-refractivity contribution in [3.8, 4) is 0 Å². The summed E-state index contributed by atoms with van der Waals surface area (Å²) in [5, 5.41) is 7.29. The molecule has 0 bridgehead atoms. The number of benzene rings is 2. The molecule has 3 N–H and O–H groups in total. The summed E-state index contributed by atoms with van der Waals surface area (Å²) in [6.07, 6.45) is 4.33. The Labute approximate surface area is 168 Å². The Morgan fingerprint density at radius 3 is 2.76 bits per heavy atom. The average molecular weight is 388 g/mol. The van der Waals surface area contributed by atoms with E-state index in [0.29, 0.717) is 24.5 Å². The van der Waals surface area contributed by atoms with Crippen LogP contribution in [0.1, 0.15) is 21.5 Å². The molecule has 0 spiro atoms. The topological polar surface area (TPSA) is 69.8 Å². The van der Waals surface area contributed by atoms with E-state index in [2.05, 4.69) is 26.7 Å². The van der Waals surface area contributed by atoms with Gasteiger partial charge in [0.15, 0.2) is 0 Å². The lowest BCUT2D eigenvalue weighted by molar-refractivity contribution is 0.0954. The van der Waals surface area contributed by atoms with E-state index in [9.17, 15) is 9.18 Å². The molecule has 2 heterocycles. The molecule has 0 atom stereocenters. The predicted octanol–water partition coefficient (Wildman–Crippen LogP) is 4.29. The van der Waals surface area contributed by atoms with E-state index in [1.165, 1.54) is 23.1 Å². The first-order valence-corrected chi connectivity index (χ1v) is 9.46. The van der Waals surface area contributed by atoms with Crippen molar-refractivity contribution >= 4 is 22.6 Å². The van der Waals surface area contributed by atoms with Crippen LogP contribution in [0, 0.1) is 5.82 Å². The highest BCUT2D eigenvalue weighted by Gasteiger charge is 2.08. The first-order valence-electron chi connectivity index (χ1n) is 9.46. The van der Waals surface area contributed by atoms with Crippen LogP contribution >= 0.6 is 0 Å². The third-order valence-electron chi connectivity index (χ3n) is 4.76. The number of para-hydroxylation sites is 1. The van der Waals surface area contributed by atoms with Gasteiger partial charge in [-0.1, -0.05) is 30.3 Å². The molecule has 0 saturated heterocycles. The lowest BCUT2D eigenvalue weighted by atomic mass is 10.1. The molecule has 146 valence electrons. The van der Waals surface area contributed by atoms with Crippen LogP contribution in [-0.4, -0.2) is 22.4 Å². The van der Waals surface area contributed by atoms with Gasteiger partial charge in [-0.2, -0.15) is 0 Å². The molecule has 2 aromatic heterocycles. The molecule has 0 unspecified atom stereocenters. The van der Waals surface area contributed by atoms with Gasteiger partial charge in [0.25, 0.3) is 5.91 Å². The van der Waals surface area contributed by atoms with Crippen molar-refractivity contribution in [1.82, 2.24) is 15.3 Å². The van der Waals surface area contributed by atoms with E-state index in [0.717, 1.165) is 17.5 Å². The predicted molar refractivity (Wildman–Crippen MR) is 112 cm³/mol. The zero-order valence-corrected chi connectivity index (χ0v) is 15.8. The van der Waals surface area contributed by atoms with Gasteiger partial charge in [0.2, 0.25) is 0 Å². The normalized spacial score (nSPS) is 10.8. The zero-order chi connectivity index (χ0) is 20.1. The van der Waals surface area contributed by atoms with Crippen LogP contribution in [0.15, 0.2) is 73.1 Å². The molecular weight excluding hydrogens is 367 g/mol. The Kier molecular flexibility index (Phi) is 5.52. The minimum absolute atomic E-state index is 0.142. The van der Waals surface area contributed by atoms with E-state index in [1.54, 1.807) is 30.5 Å². The summed E-state index contributed by atoms with van der Waals surface area (Å²) in [6, 6.07) is 17.8. The summed E-state index contributed by atoms with van der Waals surface area (Å²) in [7, 11) is 0. The fraction of sp³-hybridized carbons (Fsp3) is 0.130. The summed E-state index contributed by atoms with van der Waals surface area (Å²) in [6.45, 7) is 1.04. The summed E-state index contributed by atoms with van der Waals surface area (Å²) in [4.78, 5) is 20.0. The Morgan fingerprint density at radius 1 is 1.07 bits per heavy atom. The Hall–Kier alpha value is -3.67. The van der Waals surface area contributed by atoms with Gasteiger partial charge in [-0.05, 0) is 47.9 Å². The van der Waals surface area contributed by atoms with Gasteiger partial charge in [-0.15, -0.1) is 0 Å². The number of aromatic amines is 1. The fourth-order valence-corrected chi connectivity index (χ4v) is 3.21. The van der Waals surface area contributed by atoms with Crippen molar-refractivity contribution in [1.29, 1.82) is 0 Å². The van der Waals surface area contributed by atoms with Gasteiger partial charge < -0.3 is 15.6 Å². The summed E-state index contributed by atoms with van der Waals surface area (Å²) >= 11 is 0. The Morgan fingerprint density at radius 2 is 1.90 bits per heavy atom. The maximum Gasteiger partial charge on any atom is 0.251 e. The van der Waals surface area contributed by atoms with Crippen LogP contribution in [0.25, 0.3) is 10.9 Å². The number of carbonyl (C=O) groups excluding carboxylic acids is 1. The third-order valence-corrected chi connectivity index (χ3v) is 4.76. The number of nitrogens with one attached hydrogen (secondary N) is 3. The smallest absolute Gasteiger partial charge is 0.251 e. The number of anilines is 1. The standard InChI is InChI=1S/C23H21FN4O/c24-19-7-5-16(6-8-19)14-28-22-13-17(9-11-25-22)23(29)26-12-10-18-15-27-21-4-2-1-3-20(18)21/h1-9,11,13,15,27H,10,12,14H2,(H,25,28)(H,26,29). The van der Waals surface area contributed by atoms with Gasteiger partial charge in [0.1, 0.15) is 11.6 Å². The maximum atomic E-state index is 13.0. The number of fused-ring (bicyclic) bond motifs is 1. The Bertz CT molecular complexity index is 1120. The van der Waals surface area contributed by atoms with Crippen LogP contribution in [0.4, 0.5) is 10.2 Å². The van der Waals surface area contributed by atoms with Gasteiger partial charge in [-0.3, -0.25) is 4.79 Å². The van der Waals surface area contributed by atoms with Gasteiger partial charge in [0, 0.05) is 41.9 Å². The number of hydrogen-bond donors (Lipinski definition) is 3. The van der Waals surface area contributed by atoms with Gasteiger partial charge in [0.05, 0.1) is 0 Å². The van der Waals surface area contributed by atoms with Crippen molar-refractivity contribution in [3.63, 3.8) is 0 Å². The van der Waals surface area contributed by atoms with E-state index in [1.807, 2.05) is 24.4 Å². The van der Waals surface area contributed by atoms with E-state index in [4.69, 9.17) is 0 Å². The highest BCUT2D eigenvalue weighted by atomic mass is 19.1. The number of pyridine rings is 1. The molecule has 0 aliphatic rings. The van der Waals surface area contributed by atoms with Crippen molar-refractivity contribution < 1.29 is 9.18 Å². The van der Waals surface area contributed by atoms with Crippen LogP contribution in [0.2, 0.25) is 0 Å². The van der Waals surface area contributed by atoms with Crippen LogP contribution < -0.4 is 10.6 Å². The third kappa shape index (κ3) is 4.60. The number of aromatic nitrogens is 2. The lowest BCUT2D eigenvalue weighted by Crippen LogP contribution is -2.25. The van der Waals surface area contributed by atoms with Gasteiger partial charge in [-0.25, -0.2) is 9.37 Å². The van der Waals surface area contributed by atoms with Crippen LogP contribution in [-0.2, 0) is 13.0 Å². The highest BCUT2D eigenvalue weighted by Crippen LogP contribution is 2.17. The van der Waals surface area contributed by atoms with Crippen molar-refractivity contribution in [3.05, 3.63) is 95.6 Å².